The van der Waals surface area contributed by atoms with Crippen LogP contribution in [0.2, 0.25) is 0 Å². The minimum absolute atomic E-state index is 0.569. The van der Waals surface area contributed by atoms with Gasteiger partial charge in [-0.05, 0) is 0 Å². The Hall–Kier alpha value is -1.22. The van der Waals surface area contributed by atoms with Crippen molar-refractivity contribution < 1.29 is 38.0 Å². The number of ether oxygens (including phenoxy) is 6. The molecule has 0 saturated carbocycles. The van der Waals surface area contributed by atoms with Crippen LogP contribution in [0.25, 0.3) is 0 Å². The van der Waals surface area contributed by atoms with Gasteiger partial charge < -0.3 is 28.4 Å². The van der Waals surface area contributed by atoms with Crippen LogP contribution < -0.4 is 0 Å². The highest BCUT2D eigenvalue weighted by Gasteiger charge is 2.52. The van der Waals surface area contributed by atoms with E-state index in [9.17, 15) is 9.59 Å². The first kappa shape index (κ1) is 16.8. The maximum absolute atomic E-state index is 11.8. The third-order valence-corrected chi connectivity index (χ3v) is 3.01. The summed E-state index contributed by atoms with van der Waals surface area (Å²) in [5, 5.41) is 0. The molecule has 1 aliphatic heterocycles. The van der Waals surface area contributed by atoms with E-state index in [0.29, 0.717) is 0 Å². The lowest BCUT2D eigenvalue weighted by atomic mass is 9.98. The van der Waals surface area contributed by atoms with Crippen LogP contribution in [0.1, 0.15) is 6.92 Å². The molecule has 20 heavy (non-hydrogen) atoms. The van der Waals surface area contributed by atoms with E-state index in [1.165, 1.54) is 35.4 Å². The Balaban J connectivity index is 3.07. The Morgan fingerprint density at radius 1 is 0.900 bits per heavy atom. The SMILES string of the molecule is COC(=O)[C@H]1O[C@H](OC)[C@@H](OC)[C@@H](OC)[C@@H]1OC(C)=O. The van der Waals surface area contributed by atoms with Gasteiger partial charge in [-0.15, -0.1) is 0 Å². The van der Waals surface area contributed by atoms with E-state index < -0.39 is 42.6 Å². The van der Waals surface area contributed by atoms with Crippen molar-refractivity contribution in [1.29, 1.82) is 0 Å². The summed E-state index contributed by atoms with van der Waals surface area (Å²) < 4.78 is 30.9. The van der Waals surface area contributed by atoms with Gasteiger partial charge in [-0.2, -0.15) is 0 Å². The first-order chi connectivity index (χ1) is 9.49. The van der Waals surface area contributed by atoms with E-state index in [0.717, 1.165) is 0 Å². The molecule has 1 heterocycles. The molecule has 5 atom stereocenters. The summed E-state index contributed by atoms with van der Waals surface area (Å²) in [6.45, 7) is 1.23. The van der Waals surface area contributed by atoms with E-state index in [1.54, 1.807) is 0 Å². The molecule has 1 fully saturated rings. The molecule has 0 aliphatic carbocycles. The Kier molecular flexibility index (Phi) is 6.34. The van der Waals surface area contributed by atoms with Crippen LogP contribution in [0.15, 0.2) is 0 Å². The van der Waals surface area contributed by atoms with Crippen LogP contribution >= 0.6 is 0 Å². The average Bonchev–Trinajstić information content (AvgIpc) is 2.44. The largest absolute Gasteiger partial charge is 0.467 e. The maximum atomic E-state index is 11.8. The zero-order chi connectivity index (χ0) is 15.3. The first-order valence-corrected chi connectivity index (χ1v) is 5.99. The monoisotopic (exact) mass is 292 g/mol. The fourth-order valence-electron chi connectivity index (χ4n) is 2.14. The lowest BCUT2D eigenvalue weighted by Gasteiger charge is -2.42. The summed E-state index contributed by atoms with van der Waals surface area (Å²) >= 11 is 0. The summed E-state index contributed by atoms with van der Waals surface area (Å²) in [4.78, 5) is 23.0. The second-order valence-corrected chi connectivity index (χ2v) is 4.16. The molecule has 8 nitrogen and oxygen atoms in total. The highest BCUT2D eigenvalue weighted by molar-refractivity contribution is 5.76. The van der Waals surface area contributed by atoms with Crippen molar-refractivity contribution in [3.05, 3.63) is 0 Å². The van der Waals surface area contributed by atoms with Crippen LogP contribution in [0.5, 0.6) is 0 Å². The van der Waals surface area contributed by atoms with Gasteiger partial charge in [0, 0.05) is 28.3 Å². The predicted molar refractivity (Wildman–Crippen MR) is 64.8 cm³/mol. The predicted octanol–water partition coefficient (Wildman–Crippen LogP) is -0.508. The number of methoxy groups -OCH3 is 4. The lowest BCUT2D eigenvalue weighted by Crippen LogP contribution is -2.62. The minimum Gasteiger partial charge on any atom is -0.467 e. The number of carbonyl (C=O) groups is 2. The molecule has 116 valence electrons. The topological polar surface area (TPSA) is 89.5 Å². The average molecular weight is 292 g/mol. The number of esters is 2. The number of hydrogen-bond acceptors (Lipinski definition) is 8. The molecule has 0 amide bonds. The Bertz CT molecular complexity index is 344. The van der Waals surface area contributed by atoms with Crippen LogP contribution in [0.4, 0.5) is 0 Å². The molecular formula is C12H20O8. The molecule has 0 N–H and O–H groups in total. The molecule has 1 aliphatic rings. The van der Waals surface area contributed by atoms with Crippen molar-refractivity contribution in [3.8, 4) is 0 Å². The van der Waals surface area contributed by atoms with E-state index in [1.807, 2.05) is 0 Å². The van der Waals surface area contributed by atoms with Gasteiger partial charge in [0.15, 0.2) is 18.5 Å². The summed E-state index contributed by atoms with van der Waals surface area (Å²) in [6, 6.07) is 0. The lowest BCUT2D eigenvalue weighted by molar-refractivity contribution is -0.298. The summed E-state index contributed by atoms with van der Waals surface area (Å²) in [7, 11) is 5.47. The molecule has 0 bridgehead atoms. The Morgan fingerprint density at radius 3 is 1.90 bits per heavy atom. The smallest absolute Gasteiger partial charge is 0.339 e. The number of hydrogen-bond donors (Lipinski definition) is 0. The molecular weight excluding hydrogens is 272 g/mol. The molecule has 0 aromatic rings. The van der Waals surface area contributed by atoms with Gasteiger partial charge in [0.05, 0.1) is 7.11 Å². The van der Waals surface area contributed by atoms with E-state index in [-0.39, 0.29) is 0 Å². The van der Waals surface area contributed by atoms with Gasteiger partial charge in [0.2, 0.25) is 0 Å². The van der Waals surface area contributed by atoms with Crippen molar-refractivity contribution in [2.24, 2.45) is 0 Å². The summed E-state index contributed by atoms with van der Waals surface area (Å²) in [5.41, 5.74) is 0. The normalized spacial score (nSPS) is 33.5. The Morgan fingerprint density at radius 2 is 1.50 bits per heavy atom. The fourth-order valence-corrected chi connectivity index (χ4v) is 2.14. The highest BCUT2D eigenvalue weighted by atomic mass is 16.7. The third kappa shape index (κ3) is 3.45. The zero-order valence-corrected chi connectivity index (χ0v) is 12.2. The second kappa shape index (κ2) is 7.53. The molecule has 8 heteroatoms. The van der Waals surface area contributed by atoms with E-state index >= 15 is 0 Å². The number of carbonyl (C=O) groups excluding carboxylic acids is 2. The molecule has 0 unspecified atom stereocenters. The highest BCUT2D eigenvalue weighted by Crippen LogP contribution is 2.28. The van der Waals surface area contributed by atoms with Crippen LogP contribution in [-0.2, 0) is 38.0 Å². The van der Waals surface area contributed by atoms with Gasteiger partial charge >= 0.3 is 11.9 Å². The van der Waals surface area contributed by atoms with Crippen LogP contribution in [0.3, 0.4) is 0 Å². The Labute approximate surface area is 117 Å². The standard InChI is InChI=1S/C12H20O8/c1-6(13)19-8-7(15-2)10(16-3)12(18-5)20-9(8)11(14)17-4/h7-10,12H,1-5H3/t7-,8-,9-,10-,12-/m0/s1. The van der Waals surface area contributed by atoms with Gasteiger partial charge in [-0.3, -0.25) is 4.79 Å². The van der Waals surface area contributed by atoms with Gasteiger partial charge in [-0.25, -0.2) is 4.79 Å². The van der Waals surface area contributed by atoms with Gasteiger partial charge in [0.25, 0.3) is 0 Å². The molecule has 0 aromatic carbocycles. The molecule has 0 radical (unpaired) electrons. The van der Waals surface area contributed by atoms with Crippen molar-refractivity contribution in [2.45, 2.75) is 37.6 Å². The van der Waals surface area contributed by atoms with Crippen molar-refractivity contribution in [2.75, 3.05) is 28.4 Å². The summed E-state index contributed by atoms with van der Waals surface area (Å²) in [5.74, 6) is -1.25. The quantitative estimate of drug-likeness (QED) is 0.626. The first-order valence-electron chi connectivity index (χ1n) is 5.99. The van der Waals surface area contributed by atoms with Gasteiger partial charge in [0.1, 0.15) is 12.2 Å². The molecule has 1 rings (SSSR count). The van der Waals surface area contributed by atoms with Crippen molar-refractivity contribution in [1.82, 2.24) is 0 Å². The van der Waals surface area contributed by atoms with Crippen LogP contribution in [-0.4, -0.2) is 71.1 Å². The maximum Gasteiger partial charge on any atom is 0.339 e. The number of rotatable bonds is 5. The molecule has 0 aromatic heterocycles. The van der Waals surface area contributed by atoms with Gasteiger partial charge in [-0.1, -0.05) is 0 Å². The third-order valence-electron chi connectivity index (χ3n) is 3.01. The van der Waals surface area contributed by atoms with Crippen LogP contribution in [0, 0.1) is 0 Å². The van der Waals surface area contributed by atoms with E-state index in [2.05, 4.69) is 4.74 Å². The zero-order valence-electron chi connectivity index (χ0n) is 12.2. The van der Waals surface area contributed by atoms with Crippen molar-refractivity contribution in [3.63, 3.8) is 0 Å². The fraction of sp³-hybridized carbons (Fsp3) is 0.833. The minimum atomic E-state index is -1.15. The van der Waals surface area contributed by atoms with E-state index in [4.69, 9.17) is 23.7 Å². The molecule has 0 spiro atoms. The second-order valence-electron chi connectivity index (χ2n) is 4.16. The molecule has 1 saturated heterocycles. The summed E-state index contributed by atoms with van der Waals surface area (Å²) in [6.07, 6.45) is -4.37. The van der Waals surface area contributed by atoms with Crippen molar-refractivity contribution >= 4 is 11.9 Å².